The van der Waals surface area contributed by atoms with Gasteiger partial charge in [0.05, 0.1) is 12.0 Å². The molecule has 2 amide bonds. The third-order valence-corrected chi connectivity index (χ3v) is 2.75. The second-order valence-corrected chi connectivity index (χ2v) is 5.36. The van der Waals surface area contributed by atoms with Gasteiger partial charge in [-0.3, -0.25) is 19.7 Å². The van der Waals surface area contributed by atoms with E-state index in [1.807, 2.05) is 13.8 Å². The summed E-state index contributed by atoms with van der Waals surface area (Å²) in [6.45, 7) is 3.91. The molecule has 0 aromatic heterocycles. The number of para-hydroxylation sites is 2. The maximum Gasteiger partial charge on any atom is 0.292 e. The van der Waals surface area contributed by atoms with Crippen molar-refractivity contribution in [2.45, 2.75) is 19.9 Å². The predicted molar refractivity (Wildman–Crippen MR) is 81.6 cm³/mol. The highest BCUT2D eigenvalue weighted by atomic mass is 16.6. The van der Waals surface area contributed by atoms with Crippen molar-refractivity contribution in [2.75, 3.05) is 25.5 Å². The molecule has 0 saturated carbocycles. The van der Waals surface area contributed by atoms with E-state index < -0.39 is 4.92 Å². The number of likely N-dealkylation sites (N-methyl/N-ethyl adjacent to an activating group) is 1. The Morgan fingerprint density at radius 2 is 1.82 bits per heavy atom. The number of anilines is 1. The number of hydrogen-bond acceptors (Lipinski definition) is 4. The van der Waals surface area contributed by atoms with E-state index in [0.717, 1.165) is 0 Å². The molecule has 120 valence electrons. The molecule has 3 N–H and O–H groups in total. The molecule has 0 heterocycles. The van der Waals surface area contributed by atoms with Gasteiger partial charge in [-0.2, -0.15) is 0 Å². The van der Waals surface area contributed by atoms with Crippen molar-refractivity contribution in [1.82, 2.24) is 5.32 Å². The van der Waals surface area contributed by atoms with E-state index >= 15 is 0 Å². The predicted octanol–water partition coefficient (Wildman–Crippen LogP) is -0.427. The number of amides is 2. The first kappa shape index (κ1) is 17.6. The summed E-state index contributed by atoms with van der Waals surface area (Å²) in [7, 11) is 1.71. The standard InChI is InChI=1S/C14H20N4O4/c1-10(2)15-13(19)8-17(3)9-14(20)16-11-6-4-5-7-12(11)18(21)22/h4-7,10H,8-9H2,1-3H3,(H,15,19)(H,16,20)/p+1. The van der Waals surface area contributed by atoms with Crippen molar-refractivity contribution >= 4 is 23.2 Å². The van der Waals surface area contributed by atoms with Crippen LogP contribution >= 0.6 is 0 Å². The second-order valence-electron chi connectivity index (χ2n) is 5.36. The highest BCUT2D eigenvalue weighted by Crippen LogP contribution is 2.22. The van der Waals surface area contributed by atoms with Crippen LogP contribution in [0.4, 0.5) is 11.4 Å². The van der Waals surface area contributed by atoms with E-state index in [2.05, 4.69) is 10.6 Å². The molecular weight excluding hydrogens is 288 g/mol. The van der Waals surface area contributed by atoms with Crippen LogP contribution in [0.1, 0.15) is 13.8 Å². The summed E-state index contributed by atoms with van der Waals surface area (Å²) in [6.07, 6.45) is 0. The van der Waals surface area contributed by atoms with E-state index in [-0.39, 0.29) is 42.3 Å². The zero-order valence-electron chi connectivity index (χ0n) is 12.9. The molecular formula is C14H21N4O4+. The summed E-state index contributed by atoms with van der Waals surface area (Å²) >= 11 is 0. The number of nitrogens with one attached hydrogen (secondary N) is 3. The van der Waals surface area contributed by atoms with Gasteiger partial charge in [-0.1, -0.05) is 12.1 Å². The fraction of sp³-hybridized carbons (Fsp3) is 0.429. The van der Waals surface area contributed by atoms with Gasteiger partial charge in [0.25, 0.3) is 17.5 Å². The maximum atomic E-state index is 11.9. The quantitative estimate of drug-likeness (QED) is 0.469. The molecule has 0 aliphatic carbocycles. The number of nitro groups is 1. The summed E-state index contributed by atoms with van der Waals surface area (Å²) in [4.78, 5) is 34.5. The maximum absolute atomic E-state index is 11.9. The van der Waals surface area contributed by atoms with E-state index in [0.29, 0.717) is 4.90 Å². The van der Waals surface area contributed by atoms with Crippen LogP contribution in [0, 0.1) is 10.1 Å². The lowest BCUT2D eigenvalue weighted by Crippen LogP contribution is -3.11. The van der Waals surface area contributed by atoms with Crippen LogP contribution in [0.5, 0.6) is 0 Å². The first-order chi connectivity index (χ1) is 10.3. The molecule has 0 radical (unpaired) electrons. The molecule has 0 saturated heterocycles. The van der Waals surface area contributed by atoms with Crippen LogP contribution in [0.2, 0.25) is 0 Å². The number of nitro benzene ring substituents is 1. The van der Waals surface area contributed by atoms with Crippen molar-refractivity contribution in [3.8, 4) is 0 Å². The molecule has 1 aromatic rings. The molecule has 0 bridgehead atoms. The van der Waals surface area contributed by atoms with E-state index in [1.165, 1.54) is 18.2 Å². The molecule has 0 aliphatic heterocycles. The summed E-state index contributed by atoms with van der Waals surface area (Å²) in [5.41, 5.74) is -0.0111. The van der Waals surface area contributed by atoms with Gasteiger partial charge in [0.15, 0.2) is 13.1 Å². The average Bonchev–Trinajstić information content (AvgIpc) is 2.37. The Kier molecular flexibility index (Phi) is 6.46. The number of hydrogen-bond donors (Lipinski definition) is 3. The Bertz CT molecular complexity index is 560. The van der Waals surface area contributed by atoms with E-state index in [9.17, 15) is 19.7 Å². The summed E-state index contributed by atoms with van der Waals surface area (Å²) < 4.78 is 0. The van der Waals surface area contributed by atoms with Gasteiger partial charge < -0.3 is 15.5 Å². The van der Waals surface area contributed by atoms with Gasteiger partial charge in [0, 0.05) is 12.1 Å². The normalized spacial score (nSPS) is 11.8. The summed E-state index contributed by atoms with van der Waals surface area (Å²) in [6, 6.07) is 5.97. The minimum Gasteiger partial charge on any atom is -0.349 e. The fourth-order valence-corrected chi connectivity index (χ4v) is 1.92. The van der Waals surface area contributed by atoms with Crippen molar-refractivity contribution < 1.29 is 19.4 Å². The topological polar surface area (TPSA) is 106 Å². The summed E-state index contributed by atoms with van der Waals surface area (Å²) in [5, 5.41) is 16.1. The Labute approximate surface area is 128 Å². The second kappa shape index (κ2) is 8.08. The molecule has 22 heavy (non-hydrogen) atoms. The number of carbonyl (C=O) groups excluding carboxylic acids is 2. The number of benzene rings is 1. The first-order valence-electron chi connectivity index (χ1n) is 6.93. The minimum absolute atomic E-state index is 0.0392. The van der Waals surface area contributed by atoms with Crippen LogP contribution in [-0.4, -0.2) is 42.9 Å². The first-order valence-corrected chi connectivity index (χ1v) is 6.93. The van der Waals surface area contributed by atoms with Crippen LogP contribution < -0.4 is 15.5 Å². The summed E-state index contributed by atoms with van der Waals surface area (Å²) in [5.74, 6) is -0.532. The third-order valence-electron chi connectivity index (χ3n) is 2.75. The van der Waals surface area contributed by atoms with Crippen LogP contribution in [0.3, 0.4) is 0 Å². The van der Waals surface area contributed by atoms with E-state index in [4.69, 9.17) is 0 Å². The van der Waals surface area contributed by atoms with Gasteiger partial charge in [-0.25, -0.2) is 0 Å². The third kappa shape index (κ3) is 5.88. The van der Waals surface area contributed by atoms with Crippen LogP contribution in [0.25, 0.3) is 0 Å². The molecule has 8 heteroatoms. The monoisotopic (exact) mass is 309 g/mol. The fourth-order valence-electron chi connectivity index (χ4n) is 1.92. The van der Waals surface area contributed by atoms with Crippen molar-refractivity contribution in [3.63, 3.8) is 0 Å². The smallest absolute Gasteiger partial charge is 0.292 e. The van der Waals surface area contributed by atoms with Crippen molar-refractivity contribution in [2.24, 2.45) is 0 Å². The molecule has 0 fully saturated rings. The molecule has 0 spiro atoms. The Morgan fingerprint density at radius 1 is 1.23 bits per heavy atom. The number of quaternary nitrogens is 1. The lowest BCUT2D eigenvalue weighted by atomic mass is 10.2. The molecule has 1 unspecified atom stereocenters. The highest BCUT2D eigenvalue weighted by molar-refractivity contribution is 5.93. The largest absolute Gasteiger partial charge is 0.349 e. The highest BCUT2D eigenvalue weighted by Gasteiger charge is 2.18. The zero-order valence-corrected chi connectivity index (χ0v) is 12.9. The van der Waals surface area contributed by atoms with Gasteiger partial charge in [-0.15, -0.1) is 0 Å². The lowest BCUT2D eigenvalue weighted by molar-refractivity contribution is -0.862. The van der Waals surface area contributed by atoms with Gasteiger partial charge in [-0.05, 0) is 19.9 Å². The molecule has 1 aromatic carbocycles. The van der Waals surface area contributed by atoms with E-state index in [1.54, 1.807) is 13.1 Å². The Hall–Kier alpha value is -2.48. The van der Waals surface area contributed by atoms with Gasteiger partial charge >= 0.3 is 0 Å². The Morgan fingerprint density at radius 3 is 2.41 bits per heavy atom. The van der Waals surface area contributed by atoms with Crippen molar-refractivity contribution in [1.29, 1.82) is 0 Å². The number of rotatable bonds is 7. The SMILES string of the molecule is CC(C)NC(=O)C[NH+](C)CC(=O)Nc1ccccc1[N+](=O)[O-]. The van der Waals surface area contributed by atoms with Crippen molar-refractivity contribution in [3.05, 3.63) is 34.4 Å². The average molecular weight is 309 g/mol. The number of carbonyl (C=O) groups is 2. The minimum atomic E-state index is -0.553. The van der Waals surface area contributed by atoms with Gasteiger partial charge in [0.1, 0.15) is 5.69 Å². The Balaban J connectivity index is 2.56. The van der Waals surface area contributed by atoms with Crippen LogP contribution in [0.15, 0.2) is 24.3 Å². The van der Waals surface area contributed by atoms with Gasteiger partial charge in [0.2, 0.25) is 0 Å². The number of nitrogens with zero attached hydrogens (tertiary/aromatic N) is 1. The molecule has 0 aliphatic rings. The molecule has 1 rings (SSSR count). The zero-order chi connectivity index (χ0) is 16.7. The molecule has 1 atom stereocenters. The molecule has 8 nitrogen and oxygen atoms in total. The lowest BCUT2D eigenvalue weighted by Gasteiger charge is -2.14. The van der Waals surface area contributed by atoms with Crippen LogP contribution in [-0.2, 0) is 9.59 Å².